The van der Waals surface area contributed by atoms with Gasteiger partial charge in [-0.2, -0.15) is 4.89 Å². The number of nitrogens with zero attached hydrogens (tertiary/aromatic N) is 1. The van der Waals surface area contributed by atoms with Crippen LogP contribution in [-0.2, 0) is 11.3 Å². The first kappa shape index (κ1) is 22.5. The van der Waals surface area contributed by atoms with Crippen LogP contribution < -0.4 is 4.89 Å². The number of unbranched alkanes of at least 4 members (excludes halogenated alkanes) is 1. The average Bonchev–Trinajstić information content (AvgIpc) is 3.05. The molecule has 154 valence electrons. The molecular formula is C22H23I2NO4. The van der Waals surface area contributed by atoms with Gasteiger partial charge in [-0.1, -0.05) is 31.5 Å². The predicted molar refractivity (Wildman–Crippen MR) is 130 cm³/mol. The van der Waals surface area contributed by atoms with E-state index in [0.717, 1.165) is 43.1 Å². The molecule has 2 aromatic carbocycles. The highest BCUT2D eigenvalue weighted by atomic mass is 127. The highest BCUT2D eigenvalue weighted by Crippen LogP contribution is 2.33. The highest BCUT2D eigenvalue weighted by molar-refractivity contribution is 14.1. The van der Waals surface area contributed by atoms with Gasteiger partial charge in [-0.15, -0.1) is 0 Å². The molecule has 0 saturated heterocycles. The smallest absolute Gasteiger partial charge is 0.197 e. The molecule has 0 saturated carbocycles. The minimum atomic E-state index is -0.0300. The van der Waals surface area contributed by atoms with E-state index in [1.807, 2.05) is 55.4 Å². The Hall–Kier alpha value is -1.17. The summed E-state index contributed by atoms with van der Waals surface area (Å²) in [6, 6.07) is 11.4. The maximum Gasteiger partial charge on any atom is 0.197 e. The second-order valence-electron chi connectivity index (χ2n) is 7.01. The fourth-order valence-corrected chi connectivity index (χ4v) is 4.91. The quantitative estimate of drug-likeness (QED) is 0.0962. The van der Waals surface area contributed by atoms with Crippen molar-refractivity contribution >= 4 is 61.9 Å². The van der Waals surface area contributed by atoms with Crippen LogP contribution in [0.2, 0.25) is 0 Å². The number of carbonyl (C=O) groups is 1. The molecule has 1 aromatic heterocycles. The molecule has 0 aliphatic heterocycles. The van der Waals surface area contributed by atoms with E-state index < -0.39 is 0 Å². The SMILES string of the molecule is CCCCc1oc2ccccc2c1C(=O)c1cc(I)c(OOCN(C)C)c(I)c1. The van der Waals surface area contributed by atoms with Crippen molar-refractivity contribution in [1.29, 1.82) is 0 Å². The van der Waals surface area contributed by atoms with Crippen LogP contribution in [0.5, 0.6) is 5.75 Å². The van der Waals surface area contributed by atoms with E-state index in [-0.39, 0.29) is 5.78 Å². The van der Waals surface area contributed by atoms with Crippen molar-refractivity contribution in [3.63, 3.8) is 0 Å². The number of carbonyl (C=O) groups excluding carboxylic acids is 1. The van der Waals surface area contributed by atoms with E-state index in [1.54, 1.807) is 0 Å². The third-order valence-corrected chi connectivity index (χ3v) is 5.97. The highest BCUT2D eigenvalue weighted by Gasteiger charge is 2.23. The lowest BCUT2D eigenvalue weighted by Gasteiger charge is -2.13. The zero-order valence-corrected chi connectivity index (χ0v) is 20.9. The lowest BCUT2D eigenvalue weighted by Crippen LogP contribution is -2.18. The molecule has 3 rings (SSSR count). The van der Waals surface area contributed by atoms with Gasteiger partial charge in [-0.05, 0) is 83.9 Å². The number of fused-ring (bicyclic) bond motifs is 1. The van der Waals surface area contributed by atoms with Crippen molar-refractivity contribution in [3.05, 3.63) is 60.4 Å². The van der Waals surface area contributed by atoms with Gasteiger partial charge in [0.1, 0.15) is 18.1 Å². The van der Waals surface area contributed by atoms with Crippen molar-refractivity contribution in [2.24, 2.45) is 0 Å². The fourth-order valence-electron chi connectivity index (χ4n) is 2.96. The molecule has 0 amide bonds. The van der Waals surface area contributed by atoms with E-state index in [4.69, 9.17) is 14.2 Å². The molecule has 0 bridgehead atoms. The lowest BCUT2D eigenvalue weighted by molar-refractivity contribution is -0.232. The Morgan fingerprint density at radius 3 is 2.48 bits per heavy atom. The molecule has 0 spiro atoms. The molecule has 0 aliphatic carbocycles. The Bertz CT molecular complexity index is 990. The van der Waals surface area contributed by atoms with E-state index in [0.29, 0.717) is 23.6 Å². The molecule has 7 heteroatoms. The maximum absolute atomic E-state index is 13.5. The van der Waals surface area contributed by atoms with Gasteiger partial charge in [-0.3, -0.25) is 9.69 Å². The summed E-state index contributed by atoms with van der Waals surface area (Å²) in [6.07, 6.45) is 2.77. The van der Waals surface area contributed by atoms with Crippen molar-refractivity contribution in [3.8, 4) is 5.75 Å². The summed E-state index contributed by atoms with van der Waals surface area (Å²) in [4.78, 5) is 26.1. The van der Waals surface area contributed by atoms with Crippen LogP contribution in [0.1, 0.15) is 41.4 Å². The maximum atomic E-state index is 13.5. The van der Waals surface area contributed by atoms with E-state index in [1.165, 1.54) is 0 Å². The van der Waals surface area contributed by atoms with Crippen LogP contribution in [0.25, 0.3) is 11.0 Å². The molecule has 0 radical (unpaired) electrons. The van der Waals surface area contributed by atoms with Gasteiger partial charge in [0.25, 0.3) is 0 Å². The molecule has 0 N–H and O–H groups in total. The van der Waals surface area contributed by atoms with E-state index >= 15 is 0 Å². The first-order valence-corrected chi connectivity index (χ1v) is 11.6. The topological polar surface area (TPSA) is 51.9 Å². The number of hydrogen-bond acceptors (Lipinski definition) is 5. The zero-order valence-electron chi connectivity index (χ0n) is 16.6. The van der Waals surface area contributed by atoms with Crippen LogP contribution in [0.4, 0.5) is 0 Å². The standard InChI is InChI=1S/C22H23I2NO4/c1-4-5-9-19-20(15-8-6-7-10-18(15)28-19)21(26)14-11-16(23)22(17(24)12-14)29-27-13-25(2)3/h6-8,10-12H,4-5,9,13H2,1-3H3. The summed E-state index contributed by atoms with van der Waals surface area (Å²) in [5.74, 6) is 1.35. The van der Waals surface area contributed by atoms with Gasteiger partial charge in [0.15, 0.2) is 11.5 Å². The second kappa shape index (κ2) is 10.2. The summed E-state index contributed by atoms with van der Waals surface area (Å²) in [5, 5.41) is 0.864. The van der Waals surface area contributed by atoms with Gasteiger partial charge in [0.05, 0.1) is 12.7 Å². The third-order valence-electron chi connectivity index (χ3n) is 4.37. The molecular weight excluding hydrogens is 596 g/mol. The van der Waals surface area contributed by atoms with Gasteiger partial charge in [0.2, 0.25) is 0 Å². The summed E-state index contributed by atoms with van der Waals surface area (Å²) < 4.78 is 7.67. The summed E-state index contributed by atoms with van der Waals surface area (Å²) in [7, 11) is 3.79. The number of para-hydroxylation sites is 1. The Balaban J connectivity index is 1.96. The monoisotopic (exact) mass is 619 g/mol. The number of halogens is 2. The van der Waals surface area contributed by atoms with Crippen LogP contribution in [0, 0.1) is 7.14 Å². The predicted octanol–water partition coefficient (Wildman–Crippen LogP) is 6.05. The molecule has 0 atom stereocenters. The van der Waals surface area contributed by atoms with Crippen LogP contribution in [-0.4, -0.2) is 31.5 Å². The van der Waals surface area contributed by atoms with Gasteiger partial charge < -0.3 is 9.30 Å². The second-order valence-corrected chi connectivity index (χ2v) is 9.33. The molecule has 0 fully saturated rings. The minimum absolute atomic E-state index is 0.0300. The van der Waals surface area contributed by atoms with E-state index in [9.17, 15) is 4.79 Å². The summed E-state index contributed by atoms with van der Waals surface area (Å²) in [5.41, 5.74) is 2.03. The Morgan fingerprint density at radius 2 is 1.83 bits per heavy atom. The lowest BCUT2D eigenvalue weighted by atomic mass is 9.98. The Labute approximate surface area is 197 Å². The molecule has 29 heavy (non-hydrogen) atoms. The van der Waals surface area contributed by atoms with Crippen molar-refractivity contribution < 1.29 is 19.0 Å². The van der Waals surface area contributed by atoms with Crippen molar-refractivity contribution in [1.82, 2.24) is 4.90 Å². The Kier molecular flexibility index (Phi) is 7.94. The fraction of sp³-hybridized carbons (Fsp3) is 0.318. The first-order chi connectivity index (χ1) is 13.9. The minimum Gasteiger partial charge on any atom is -0.460 e. The number of furan rings is 1. The molecule has 5 nitrogen and oxygen atoms in total. The molecule has 1 heterocycles. The number of hydrogen-bond donors (Lipinski definition) is 0. The van der Waals surface area contributed by atoms with Gasteiger partial charge in [-0.25, -0.2) is 0 Å². The average molecular weight is 619 g/mol. The number of aryl methyl sites for hydroxylation is 1. The zero-order chi connectivity index (χ0) is 21.0. The van der Waals surface area contributed by atoms with Gasteiger partial charge in [0, 0.05) is 17.4 Å². The molecule has 0 aliphatic rings. The molecule has 3 aromatic rings. The number of ketones is 1. The molecule has 0 unspecified atom stereocenters. The normalized spacial score (nSPS) is 11.4. The van der Waals surface area contributed by atoms with Crippen molar-refractivity contribution in [2.75, 3.05) is 20.8 Å². The Morgan fingerprint density at radius 1 is 1.14 bits per heavy atom. The van der Waals surface area contributed by atoms with Crippen molar-refractivity contribution in [2.45, 2.75) is 26.2 Å². The van der Waals surface area contributed by atoms with Crippen LogP contribution >= 0.6 is 45.2 Å². The van der Waals surface area contributed by atoms with Gasteiger partial charge >= 0.3 is 0 Å². The number of rotatable bonds is 9. The van der Waals surface area contributed by atoms with Crippen LogP contribution in [0.15, 0.2) is 40.8 Å². The first-order valence-electron chi connectivity index (χ1n) is 9.40. The summed E-state index contributed by atoms with van der Waals surface area (Å²) in [6.45, 7) is 2.47. The van der Waals surface area contributed by atoms with Crippen LogP contribution in [0.3, 0.4) is 0 Å². The summed E-state index contributed by atoms with van der Waals surface area (Å²) >= 11 is 4.34. The number of benzene rings is 2. The van der Waals surface area contributed by atoms with E-state index in [2.05, 4.69) is 52.1 Å². The largest absolute Gasteiger partial charge is 0.460 e. The third kappa shape index (κ3) is 5.31.